The molecule has 0 aliphatic carbocycles. The lowest BCUT2D eigenvalue weighted by Crippen LogP contribution is -2.46. The van der Waals surface area contributed by atoms with E-state index in [0.29, 0.717) is 0 Å². The molecule has 0 aliphatic rings. The Balaban J connectivity index is 2.17. The van der Waals surface area contributed by atoms with Gasteiger partial charge in [0.25, 0.3) is 0 Å². The molecule has 3 unspecified atom stereocenters. The van der Waals surface area contributed by atoms with Gasteiger partial charge in [0.05, 0.1) is 0 Å². The number of Topliss-reactive ketones (excluding diaryl/α,β-unsaturated/α-hetero) is 1. The first-order valence-corrected chi connectivity index (χ1v) is 12.5. The fourth-order valence-electron chi connectivity index (χ4n) is 3.46. The first-order valence-electron chi connectivity index (χ1n) is 10.6. The number of hydrogen-bond donors (Lipinski definition) is 4. The van der Waals surface area contributed by atoms with Gasteiger partial charge in [0.15, 0.2) is 5.78 Å². The molecule has 33 heavy (non-hydrogen) atoms. The van der Waals surface area contributed by atoms with Gasteiger partial charge < -0.3 is 21.1 Å². The number of carboxylic acids is 1. The molecule has 1 aromatic heterocycles. The molecule has 0 bridgehead atoms. The van der Waals surface area contributed by atoms with Crippen molar-refractivity contribution in [3.8, 4) is 0 Å². The molecule has 0 aliphatic heterocycles. The van der Waals surface area contributed by atoms with E-state index in [1.165, 1.54) is 24.5 Å². The summed E-state index contributed by atoms with van der Waals surface area (Å²) < 4.78 is 13.0. The second-order valence-corrected chi connectivity index (χ2v) is 10.8. The maximum Gasteiger partial charge on any atom is 0.326 e. The molecule has 1 aromatic carbocycles. The van der Waals surface area contributed by atoms with Gasteiger partial charge in [-0.3, -0.25) is 19.1 Å². The van der Waals surface area contributed by atoms with Crippen molar-refractivity contribution in [3.05, 3.63) is 66.0 Å². The van der Waals surface area contributed by atoms with Gasteiger partial charge >= 0.3 is 5.97 Å². The van der Waals surface area contributed by atoms with Crippen molar-refractivity contribution >= 4 is 25.0 Å². The van der Waals surface area contributed by atoms with Gasteiger partial charge in [-0.05, 0) is 30.0 Å². The summed E-state index contributed by atoms with van der Waals surface area (Å²) in [5, 5.41) is 12.1. The van der Waals surface area contributed by atoms with Crippen LogP contribution in [-0.4, -0.2) is 50.6 Å². The number of nitrogens with one attached hydrogen (secondary N) is 1. The molecule has 2 aromatic rings. The summed E-state index contributed by atoms with van der Waals surface area (Å²) in [5.74, 6) is -5.36. The van der Waals surface area contributed by atoms with Crippen LogP contribution >= 0.6 is 7.37 Å². The van der Waals surface area contributed by atoms with Crippen molar-refractivity contribution in [2.75, 3.05) is 6.16 Å². The van der Waals surface area contributed by atoms with Crippen LogP contribution in [0.1, 0.15) is 36.2 Å². The Morgan fingerprint density at radius 3 is 2.33 bits per heavy atom. The molecule has 178 valence electrons. The highest BCUT2D eigenvalue weighted by atomic mass is 31.2. The zero-order valence-corrected chi connectivity index (χ0v) is 19.5. The summed E-state index contributed by atoms with van der Waals surface area (Å²) in [6.45, 7) is 3.67. The highest BCUT2D eigenvalue weighted by molar-refractivity contribution is 7.59. The highest BCUT2D eigenvalue weighted by Gasteiger charge is 2.39. The third-order valence-corrected chi connectivity index (χ3v) is 7.22. The van der Waals surface area contributed by atoms with Crippen molar-refractivity contribution < 1.29 is 28.9 Å². The Morgan fingerprint density at radius 1 is 1.12 bits per heavy atom. The molecule has 0 radical (unpaired) electrons. The number of carboxylic acid groups (broad SMARTS) is 1. The van der Waals surface area contributed by atoms with Gasteiger partial charge in [0.1, 0.15) is 11.8 Å². The number of nitrogens with two attached hydrogens (primary N) is 1. The molecule has 5 N–H and O–H groups in total. The lowest BCUT2D eigenvalue weighted by molar-refractivity contribution is -0.142. The maximum absolute atomic E-state index is 13.0. The third kappa shape index (κ3) is 7.89. The monoisotopic (exact) mass is 475 g/mol. The third-order valence-electron chi connectivity index (χ3n) is 5.16. The van der Waals surface area contributed by atoms with Crippen molar-refractivity contribution in [1.82, 2.24) is 10.3 Å². The number of nitrogens with zero attached hydrogens (tertiary/aromatic N) is 1. The summed E-state index contributed by atoms with van der Waals surface area (Å²) in [5.41, 5.74) is 6.66. The van der Waals surface area contributed by atoms with Gasteiger partial charge in [-0.25, -0.2) is 4.79 Å². The molecule has 0 saturated carbocycles. The van der Waals surface area contributed by atoms with Crippen LogP contribution in [0.25, 0.3) is 0 Å². The second kappa shape index (κ2) is 11.8. The van der Waals surface area contributed by atoms with Crippen LogP contribution in [0.15, 0.2) is 54.9 Å². The van der Waals surface area contributed by atoms with E-state index in [0.717, 1.165) is 5.56 Å². The number of hydrogen-bond acceptors (Lipinski definition) is 6. The summed E-state index contributed by atoms with van der Waals surface area (Å²) in [6.07, 6.45) is 2.45. The minimum absolute atomic E-state index is 0.0246. The smallest absolute Gasteiger partial charge is 0.326 e. The Labute approximate surface area is 192 Å². The summed E-state index contributed by atoms with van der Waals surface area (Å²) >= 11 is 0. The molecule has 10 heteroatoms. The van der Waals surface area contributed by atoms with Gasteiger partial charge in [-0.2, -0.15) is 0 Å². The minimum Gasteiger partial charge on any atom is -0.480 e. The number of aromatic nitrogens is 1. The fourth-order valence-corrected chi connectivity index (χ4v) is 5.15. The number of amides is 1. The van der Waals surface area contributed by atoms with Crippen LogP contribution in [0.2, 0.25) is 0 Å². The van der Waals surface area contributed by atoms with Crippen LogP contribution in [0.3, 0.4) is 0 Å². The van der Waals surface area contributed by atoms with E-state index in [1.807, 2.05) is 13.8 Å². The number of aliphatic carboxylic acids is 1. The number of rotatable bonds is 12. The number of carbonyl (C=O) groups is 3. The van der Waals surface area contributed by atoms with Gasteiger partial charge in [0, 0.05) is 36.5 Å². The number of ketones is 1. The lowest BCUT2D eigenvalue weighted by Gasteiger charge is -2.26. The molecule has 2 rings (SSSR count). The van der Waals surface area contributed by atoms with E-state index in [4.69, 9.17) is 5.73 Å². The molecular formula is C23H30N3O6P. The Kier molecular flexibility index (Phi) is 9.46. The van der Waals surface area contributed by atoms with E-state index in [-0.39, 0.29) is 24.3 Å². The van der Waals surface area contributed by atoms with Crippen LogP contribution in [0.4, 0.5) is 0 Å². The SMILES string of the molecule is CC(C)CC(CP(=O)(O)C(N)C(=O)c1cccnc1)C(=O)N[C@@H](Cc1ccccc1)C(=O)O. The van der Waals surface area contributed by atoms with Crippen LogP contribution in [-0.2, 0) is 20.6 Å². The van der Waals surface area contributed by atoms with Gasteiger partial charge in [-0.15, -0.1) is 0 Å². The van der Waals surface area contributed by atoms with Crippen molar-refractivity contribution in [3.63, 3.8) is 0 Å². The summed E-state index contributed by atoms with van der Waals surface area (Å²) in [7, 11) is -4.31. The van der Waals surface area contributed by atoms with Crippen molar-refractivity contribution in [1.29, 1.82) is 0 Å². The standard InChI is InChI=1S/C23H30N3O6P/c1-15(2)11-18(14-33(31,32)21(24)20(27)17-9-6-10-25-13-17)22(28)26-19(23(29)30)12-16-7-4-3-5-8-16/h3-10,13,15,18-19,21H,11-12,14,24H2,1-2H3,(H,26,28)(H,29,30)(H,31,32)/t18?,19-,21?/m0/s1. The normalized spacial score (nSPS) is 15.8. The van der Waals surface area contributed by atoms with Gasteiger partial charge in [-0.1, -0.05) is 44.2 Å². The molecule has 1 heterocycles. The topological polar surface area (TPSA) is 160 Å². The highest BCUT2D eigenvalue weighted by Crippen LogP contribution is 2.47. The predicted octanol–water partition coefficient (Wildman–Crippen LogP) is 2.29. The average molecular weight is 475 g/mol. The van der Waals surface area contributed by atoms with Crippen LogP contribution in [0, 0.1) is 11.8 Å². The van der Waals surface area contributed by atoms with Crippen LogP contribution in [0.5, 0.6) is 0 Å². The minimum atomic E-state index is -4.31. The quantitative estimate of drug-likeness (QED) is 0.269. The zero-order valence-electron chi connectivity index (χ0n) is 18.6. The fraction of sp³-hybridized carbons (Fsp3) is 0.391. The van der Waals surface area contributed by atoms with E-state index in [1.54, 1.807) is 30.3 Å². The van der Waals surface area contributed by atoms with E-state index < -0.39 is 48.9 Å². The molecular weight excluding hydrogens is 445 g/mol. The zero-order chi connectivity index (χ0) is 24.6. The Morgan fingerprint density at radius 2 is 1.79 bits per heavy atom. The summed E-state index contributed by atoms with van der Waals surface area (Å²) in [6, 6.07) is 10.6. The van der Waals surface area contributed by atoms with E-state index >= 15 is 0 Å². The average Bonchev–Trinajstić information content (AvgIpc) is 2.77. The lowest BCUT2D eigenvalue weighted by atomic mass is 9.97. The predicted molar refractivity (Wildman–Crippen MR) is 124 cm³/mol. The molecule has 0 spiro atoms. The van der Waals surface area contributed by atoms with E-state index in [2.05, 4.69) is 10.3 Å². The number of benzene rings is 1. The molecule has 0 saturated heterocycles. The Bertz CT molecular complexity index is 1000. The molecule has 0 fully saturated rings. The first-order chi connectivity index (χ1) is 15.5. The van der Waals surface area contributed by atoms with Crippen molar-refractivity contribution in [2.24, 2.45) is 17.6 Å². The molecule has 1 amide bonds. The molecule has 9 nitrogen and oxygen atoms in total. The largest absolute Gasteiger partial charge is 0.480 e. The number of carbonyl (C=O) groups excluding carboxylic acids is 2. The van der Waals surface area contributed by atoms with Crippen LogP contribution < -0.4 is 11.1 Å². The maximum atomic E-state index is 13.0. The summed E-state index contributed by atoms with van der Waals surface area (Å²) in [4.78, 5) is 51.7. The Hall–Kier alpha value is -2.87. The first kappa shape index (κ1) is 26.4. The second-order valence-electron chi connectivity index (χ2n) is 8.40. The number of pyridine rings is 1. The van der Waals surface area contributed by atoms with Crippen molar-refractivity contribution in [2.45, 2.75) is 38.5 Å². The van der Waals surface area contributed by atoms with E-state index in [9.17, 15) is 28.9 Å². The van der Waals surface area contributed by atoms with Gasteiger partial charge in [0.2, 0.25) is 13.3 Å². The molecule has 4 atom stereocenters.